The van der Waals surface area contributed by atoms with Gasteiger partial charge in [0, 0.05) is 46.1 Å². The number of benzene rings is 1. The fourth-order valence-electron chi connectivity index (χ4n) is 4.73. The zero-order valence-corrected chi connectivity index (χ0v) is 28.3. The molecule has 44 heavy (non-hydrogen) atoms. The van der Waals surface area contributed by atoms with Gasteiger partial charge in [-0.25, -0.2) is 4.79 Å². The van der Waals surface area contributed by atoms with E-state index in [0.717, 1.165) is 12.0 Å². The number of hydrogen-bond acceptors (Lipinski definition) is 8. The Morgan fingerprint density at radius 3 is 2.27 bits per heavy atom. The summed E-state index contributed by atoms with van der Waals surface area (Å²) in [5, 5.41) is 19.6. The molecule has 4 atom stereocenters. The van der Waals surface area contributed by atoms with E-state index < -0.39 is 29.8 Å². The summed E-state index contributed by atoms with van der Waals surface area (Å²) in [5.74, 6) is 0.792. The molecule has 1 aromatic rings. The van der Waals surface area contributed by atoms with Gasteiger partial charge >= 0.3 is 6.09 Å². The molecule has 0 aliphatic heterocycles. The molecule has 0 fully saturated rings. The summed E-state index contributed by atoms with van der Waals surface area (Å²) in [6.45, 7) is 12.8. The summed E-state index contributed by atoms with van der Waals surface area (Å²) in [5.41, 5.74) is 0.336. The predicted octanol–water partition coefficient (Wildman–Crippen LogP) is 4.24. The highest BCUT2D eigenvalue weighted by Gasteiger charge is 2.31. The number of rotatable bonds is 20. The van der Waals surface area contributed by atoms with E-state index in [1.54, 1.807) is 49.0 Å². The fraction of sp³-hybridized carbons (Fsp3) is 0.727. The van der Waals surface area contributed by atoms with E-state index in [1.807, 2.05) is 18.2 Å². The van der Waals surface area contributed by atoms with Crippen LogP contribution in [0.2, 0.25) is 0 Å². The Morgan fingerprint density at radius 1 is 0.977 bits per heavy atom. The normalized spacial score (nSPS) is 14.2. The van der Waals surface area contributed by atoms with Crippen molar-refractivity contribution in [3.05, 3.63) is 23.8 Å². The van der Waals surface area contributed by atoms with Crippen LogP contribution in [0.1, 0.15) is 79.2 Å². The second-order valence-corrected chi connectivity index (χ2v) is 12.6. The number of carbonyl (C=O) groups excluding carboxylic acids is 3. The number of ether oxygens (including phenoxy) is 4. The van der Waals surface area contributed by atoms with E-state index in [1.165, 1.54) is 0 Å². The second-order valence-electron chi connectivity index (χ2n) is 12.6. The van der Waals surface area contributed by atoms with Gasteiger partial charge in [-0.05, 0) is 76.0 Å². The molecule has 4 N–H and O–H groups in total. The highest BCUT2D eigenvalue weighted by atomic mass is 16.6. The van der Waals surface area contributed by atoms with Crippen molar-refractivity contribution in [1.29, 1.82) is 0 Å². The van der Waals surface area contributed by atoms with Gasteiger partial charge in [-0.3, -0.25) is 9.59 Å². The Labute approximate surface area is 264 Å². The SMILES string of the molecule is CNC(=O)CCCNC(=O)[C@H](C)C[C@H](O)[C@H](C[C@H](Cc1ccc(OC)c(OCCCOC)c1)C(C)C)NC(=O)OC(C)(C)C. The van der Waals surface area contributed by atoms with Gasteiger partial charge in [0.05, 0.1) is 25.9 Å². The van der Waals surface area contributed by atoms with Crippen LogP contribution in [0.25, 0.3) is 0 Å². The van der Waals surface area contributed by atoms with Crippen LogP contribution in [0.4, 0.5) is 4.79 Å². The summed E-state index contributed by atoms with van der Waals surface area (Å²) < 4.78 is 22.1. The van der Waals surface area contributed by atoms with Crippen LogP contribution in [0.3, 0.4) is 0 Å². The van der Waals surface area contributed by atoms with Crippen molar-refractivity contribution < 1.29 is 38.4 Å². The molecule has 0 aliphatic carbocycles. The third kappa shape index (κ3) is 15.6. The minimum absolute atomic E-state index is 0.0770. The molecule has 11 nitrogen and oxygen atoms in total. The van der Waals surface area contributed by atoms with Crippen LogP contribution in [0.15, 0.2) is 18.2 Å². The fourth-order valence-corrected chi connectivity index (χ4v) is 4.73. The standard InChI is InChI=1S/C33H57N3O8/c1-22(2)25(19-24-13-14-28(42-9)29(20-24)43-17-11-16-41-8)21-26(36-32(40)44-33(4,5)6)27(37)18-23(3)31(39)35-15-10-12-30(38)34-7/h13-14,20,22-23,25-27,37H,10-12,15-19,21H2,1-9H3,(H,34,38)(H,35,39)(H,36,40)/t23-,25+,26+,27+/m1/s1. The van der Waals surface area contributed by atoms with Gasteiger partial charge in [0.1, 0.15) is 5.60 Å². The molecular weight excluding hydrogens is 566 g/mol. The Bertz CT molecular complexity index is 1010. The molecule has 0 unspecified atom stereocenters. The lowest BCUT2D eigenvalue weighted by atomic mass is 9.82. The van der Waals surface area contributed by atoms with Crippen molar-refractivity contribution in [2.24, 2.45) is 17.8 Å². The summed E-state index contributed by atoms with van der Waals surface area (Å²) in [6.07, 6.45) is 1.27. The zero-order valence-electron chi connectivity index (χ0n) is 28.3. The summed E-state index contributed by atoms with van der Waals surface area (Å²) >= 11 is 0. The lowest BCUT2D eigenvalue weighted by Crippen LogP contribution is -2.48. The van der Waals surface area contributed by atoms with Crippen molar-refractivity contribution in [3.63, 3.8) is 0 Å². The molecule has 252 valence electrons. The molecule has 11 heteroatoms. The van der Waals surface area contributed by atoms with Crippen molar-refractivity contribution in [3.8, 4) is 11.5 Å². The van der Waals surface area contributed by atoms with Gasteiger partial charge in [-0.1, -0.05) is 26.8 Å². The average molecular weight is 624 g/mol. The monoisotopic (exact) mass is 623 g/mol. The quantitative estimate of drug-likeness (QED) is 0.158. The van der Waals surface area contributed by atoms with Crippen LogP contribution in [0.5, 0.6) is 11.5 Å². The molecular formula is C33H57N3O8. The van der Waals surface area contributed by atoms with Crippen LogP contribution in [-0.2, 0) is 25.5 Å². The molecule has 3 amide bonds. The number of aliphatic hydroxyl groups excluding tert-OH is 1. The molecule has 0 saturated heterocycles. The van der Waals surface area contributed by atoms with Crippen LogP contribution >= 0.6 is 0 Å². The number of aliphatic hydroxyl groups is 1. The first-order valence-corrected chi connectivity index (χ1v) is 15.6. The van der Waals surface area contributed by atoms with Gasteiger partial charge in [-0.2, -0.15) is 0 Å². The first-order chi connectivity index (χ1) is 20.7. The molecule has 0 aliphatic rings. The van der Waals surface area contributed by atoms with Crippen LogP contribution in [0, 0.1) is 17.8 Å². The van der Waals surface area contributed by atoms with Gasteiger partial charge in [0.25, 0.3) is 0 Å². The summed E-state index contributed by atoms with van der Waals surface area (Å²) in [6, 6.07) is 5.21. The van der Waals surface area contributed by atoms with E-state index in [9.17, 15) is 19.5 Å². The van der Waals surface area contributed by atoms with Crippen LogP contribution in [-0.4, -0.2) is 81.8 Å². The largest absolute Gasteiger partial charge is 0.493 e. The molecule has 0 aromatic heterocycles. The van der Waals surface area contributed by atoms with Crippen molar-refractivity contribution in [2.75, 3.05) is 41.0 Å². The third-order valence-electron chi connectivity index (χ3n) is 7.34. The highest BCUT2D eigenvalue weighted by molar-refractivity contribution is 5.78. The Hall–Kier alpha value is -3.05. The highest BCUT2D eigenvalue weighted by Crippen LogP contribution is 2.32. The lowest BCUT2D eigenvalue weighted by molar-refractivity contribution is -0.126. The third-order valence-corrected chi connectivity index (χ3v) is 7.34. The van der Waals surface area contributed by atoms with Crippen molar-refractivity contribution >= 4 is 17.9 Å². The van der Waals surface area contributed by atoms with Crippen molar-refractivity contribution in [2.45, 2.75) is 97.8 Å². The Balaban J connectivity index is 3.06. The number of nitrogens with one attached hydrogen (secondary N) is 3. The van der Waals surface area contributed by atoms with Gasteiger partial charge < -0.3 is 40.0 Å². The molecule has 0 heterocycles. The molecule has 1 rings (SSSR count). The van der Waals surface area contributed by atoms with E-state index >= 15 is 0 Å². The maximum atomic E-state index is 12.8. The average Bonchev–Trinajstić information content (AvgIpc) is 2.95. The van der Waals surface area contributed by atoms with Crippen molar-refractivity contribution in [1.82, 2.24) is 16.0 Å². The lowest BCUT2D eigenvalue weighted by Gasteiger charge is -2.32. The Kier molecular flexibility index (Phi) is 17.8. The molecule has 0 spiro atoms. The first-order valence-electron chi connectivity index (χ1n) is 15.6. The first kappa shape index (κ1) is 39.0. The molecule has 0 bridgehead atoms. The number of amides is 3. The molecule has 1 aromatic carbocycles. The van der Waals surface area contributed by atoms with E-state index in [-0.39, 0.29) is 30.1 Å². The molecule has 0 radical (unpaired) electrons. The minimum Gasteiger partial charge on any atom is -0.493 e. The van der Waals surface area contributed by atoms with Crippen LogP contribution < -0.4 is 25.4 Å². The summed E-state index contributed by atoms with van der Waals surface area (Å²) in [7, 11) is 4.83. The smallest absolute Gasteiger partial charge is 0.407 e. The maximum Gasteiger partial charge on any atom is 0.407 e. The van der Waals surface area contributed by atoms with E-state index in [4.69, 9.17) is 18.9 Å². The predicted molar refractivity (Wildman–Crippen MR) is 171 cm³/mol. The van der Waals surface area contributed by atoms with Gasteiger partial charge in [0.15, 0.2) is 11.5 Å². The number of carbonyl (C=O) groups is 3. The minimum atomic E-state index is -0.995. The number of hydrogen-bond donors (Lipinski definition) is 4. The van der Waals surface area contributed by atoms with E-state index in [2.05, 4.69) is 29.8 Å². The number of methoxy groups -OCH3 is 2. The second kappa shape index (κ2) is 20.1. The van der Waals surface area contributed by atoms with Gasteiger partial charge in [0.2, 0.25) is 11.8 Å². The Morgan fingerprint density at radius 2 is 1.68 bits per heavy atom. The zero-order chi connectivity index (χ0) is 33.3. The molecule has 0 saturated carbocycles. The maximum absolute atomic E-state index is 12.8. The number of alkyl carbamates (subject to hydrolysis) is 1. The topological polar surface area (TPSA) is 144 Å². The summed E-state index contributed by atoms with van der Waals surface area (Å²) in [4.78, 5) is 37.0. The van der Waals surface area contributed by atoms with Gasteiger partial charge in [-0.15, -0.1) is 0 Å². The van der Waals surface area contributed by atoms with E-state index in [0.29, 0.717) is 56.9 Å².